The van der Waals surface area contributed by atoms with Crippen LogP contribution in [0.15, 0.2) is 47.9 Å². The maximum absolute atomic E-state index is 11.6. The molecule has 0 aliphatic carbocycles. The molecule has 0 saturated carbocycles. The van der Waals surface area contributed by atoms with Crippen molar-refractivity contribution >= 4 is 21.6 Å². The Morgan fingerprint density at radius 2 is 2.04 bits per heavy atom. The fourth-order valence-corrected chi connectivity index (χ4v) is 6.00. The van der Waals surface area contributed by atoms with E-state index in [0.717, 1.165) is 28.8 Å². The number of hydrogen-bond donors (Lipinski definition) is 0. The Labute approximate surface area is 162 Å². The van der Waals surface area contributed by atoms with E-state index in [1.54, 1.807) is 18.0 Å². The van der Waals surface area contributed by atoms with Crippen LogP contribution >= 0.6 is 11.8 Å². The quantitative estimate of drug-likeness (QED) is 0.587. The molecule has 1 saturated heterocycles. The van der Waals surface area contributed by atoms with E-state index in [4.69, 9.17) is 0 Å². The summed E-state index contributed by atoms with van der Waals surface area (Å²) in [5, 5.41) is 13.6. The molecule has 0 radical (unpaired) electrons. The van der Waals surface area contributed by atoms with E-state index < -0.39 is 9.84 Å². The van der Waals surface area contributed by atoms with Crippen molar-refractivity contribution in [1.29, 1.82) is 0 Å². The Kier molecular flexibility index (Phi) is 5.05. The van der Waals surface area contributed by atoms with Gasteiger partial charge in [0.1, 0.15) is 5.82 Å². The van der Waals surface area contributed by atoms with Crippen molar-refractivity contribution in [3.8, 4) is 5.69 Å². The maximum atomic E-state index is 11.6. The average molecular weight is 404 g/mol. The van der Waals surface area contributed by atoms with Crippen LogP contribution in [0.1, 0.15) is 17.8 Å². The highest BCUT2D eigenvalue weighted by Crippen LogP contribution is 2.25. The third-order valence-electron chi connectivity index (χ3n) is 4.80. The van der Waals surface area contributed by atoms with Crippen molar-refractivity contribution in [3.05, 3.63) is 54.1 Å². The molecule has 0 N–H and O–H groups in total. The summed E-state index contributed by atoms with van der Waals surface area (Å²) < 4.78 is 27.1. The molecule has 3 heterocycles. The van der Waals surface area contributed by atoms with Gasteiger partial charge in [-0.15, -0.1) is 10.2 Å². The first kappa shape index (κ1) is 18.2. The zero-order valence-corrected chi connectivity index (χ0v) is 16.7. The highest BCUT2D eigenvalue weighted by molar-refractivity contribution is 7.98. The molecular weight excluding hydrogens is 382 g/mol. The van der Waals surface area contributed by atoms with E-state index in [1.807, 2.05) is 40.7 Å². The summed E-state index contributed by atoms with van der Waals surface area (Å²) in [6.45, 7) is 0. The second-order valence-corrected chi connectivity index (χ2v) is 10.0. The van der Waals surface area contributed by atoms with Crippen molar-refractivity contribution in [3.63, 3.8) is 0 Å². The Hall–Kier alpha value is -2.13. The summed E-state index contributed by atoms with van der Waals surface area (Å²) in [7, 11) is -0.910. The average Bonchev–Trinajstić information content (AvgIpc) is 3.37. The molecule has 7 nitrogen and oxygen atoms in total. The smallest absolute Gasteiger partial charge is 0.191 e. The molecule has 1 aliphatic rings. The van der Waals surface area contributed by atoms with Gasteiger partial charge in [-0.25, -0.2) is 13.1 Å². The summed E-state index contributed by atoms with van der Waals surface area (Å²) in [5.41, 5.74) is 2.23. The first-order valence-corrected chi connectivity index (χ1v) is 11.6. The monoisotopic (exact) mass is 403 g/mol. The lowest BCUT2D eigenvalue weighted by Gasteiger charge is -2.08. The van der Waals surface area contributed by atoms with Gasteiger partial charge in [-0.2, -0.15) is 5.10 Å². The lowest BCUT2D eigenvalue weighted by atomic mass is 10.1. The van der Waals surface area contributed by atoms with Crippen LogP contribution in [0.25, 0.3) is 5.69 Å². The molecule has 1 unspecified atom stereocenters. The summed E-state index contributed by atoms with van der Waals surface area (Å²) >= 11 is 1.63. The van der Waals surface area contributed by atoms with Gasteiger partial charge in [0.05, 0.1) is 17.2 Å². The number of benzene rings is 1. The van der Waals surface area contributed by atoms with Crippen molar-refractivity contribution in [2.45, 2.75) is 23.8 Å². The van der Waals surface area contributed by atoms with Crippen LogP contribution < -0.4 is 0 Å². The molecule has 4 rings (SSSR count). The lowest BCUT2D eigenvalue weighted by molar-refractivity contribution is 0.552. The minimum Gasteiger partial charge on any atom is -0.309 e. The van der Waals surface area contributed by atoms with E-state index in [0.29, 0.717) is 12.2 Å². The SMILES string of the molecule is Cn1c(CC2CCS(=O)(=O)C2)nnc1SCc1ccc(-n2cccn2)cc1. The number of nitrogens with zero attached hydrogens (tertiary/aromatic N) is 5. The van der Waals surface area contributed by atoms with Gasteiger partial charge in [0.2, 0.25) is 0 Å². The molecule has 1 fully saturated rings. The number of hydrogen-bond acceptors (Lipinski definition) is 6. The fraction of sp³-hybridized carbons (Fsp3) is 0.389. The van der Waals surface area contributed by atoms with E-state index in [2.05, 4.69) is 27.4 Å². The molecule has 0 bridgehead atoms. The maximum Gasteiger partial charge on any atom is 0.191 e. The first-order valence-electron chi connectivity index (χ1n) is 8.81. The third kappa shape index (κ3) is 4.24. The first-order chi connectivity index (χ1) is 13.0. The summed E-state index contributed by atoms with van der Waals surface area (Å²) in [5.74, 6) is 2.37. The Balaban J connectivity index is 1.37. The molecule has 9 heteroatoms. The van der Waals surface area contributed by atoms with Gasteiger partial charge in [-0.3, -0.25) is 0 Å². The van der Waals surface area contributed by atoms with Gasteiger partial charge in [-0.05, 0) is 36.1 Å². The zero-order chi connectivity index (χ0) is 18.9. The van der Waals surface area contributed by atoms with Gasteiger partial charge in [0.15, 0.2) is 15.0 Å². The van der Waals surface area contributed by atoms with Gasteiger partial charge < -0.3 is 4.57 Å². The van der Waals surface area contributed by atoms with Crippen molar-refractivity contribution < 1.29 is 8.42 Å². The molecule has 0 spiro atoms. The molecule has 1 atom stereocenters. The van der Waals surface area contributed by atoms with Gasteiger partial charge in [-0.1, -0.05) is 23.9 Å². The van der Waals surface area contributed by atoms with Crippen molar-refractivity contribution in [2.75, 3.05) is 11.5 Å². The Bertz CT molecular complexity index is 1010. The van der Waals surface area contributed by atoms with Gasteiger partial charge in [0.25, 0.3) is 0 Å². The van der Waals surface area contributed by atoms with Crippen LogP contribution in [0.5, 0.6) is 0 Å². The molecular formula is C18H21N5O2S2. The highest BCUT2D eigenvalue weighted by Gasteiger charge is 2.29. The second kappa shape index (κ2) is 7.47. The van der Waals surface area contributed by atoms with E-state index in [9.17, 15) is 8.42 Å². The van der Waals surface area contributed by atoms with Crippen LogP contribution in [-0.2, 0) is 29.1 Å². The minimum atomic E-state index is -2.86. The normalized spacial score (nSPS) is 18.8. The topological polar surface area (TPSA) is 82.7 Å². The highest BCUT2D eigenvalue weighted by atomic mass is 32.2. The van der Waals surface area contributed by atoms with Crippen LogP contribution in [0.4, 0.5) is 0 Å². The van der Waals surface area contributed by atoms with Crippen molar-refractivity contribution in [1.82, 2.24) is 24.5 Å². The number of rotatable bonds is 6. The van der Waals surface area contributed by atoms with Crippen molar-refractivity contribution in [2.24, 2.45) is 13.0 Å². The fourth-order valence-electron chi connectivity index (χ4n) is 3.25. The van der Waals surface area contributed by atoms with E-state index in [1.165, 1.54) is 5.56 Å². The number of aromatic nitrogens is 5. The van der Waals surface area contributed by atoms with Crippen LogP contribution in [-0.4, -0.2) is 44.5 Å². The van der Waals surface area contributed by atoms with Crippen LogP contribution in [0, 0.1) is 5.92 Å². The van der Waals surface area contributed by atoms with Gasteiger partial charge in [0, 0.05) is 31.6 Å². The lowest BCUT2D eigenvalue weighted by Crippen LogP contribution is -2.11. The molecule has 2 aromatic heterocycles. The molecule has 1 aromatic carbocycles. The molecule has 0 amide bonds. The summed E-state index contributed by atoms with van der Waals surface area (Å²) in [6.07, 6.45) is 5.07. The van der Waals surface area contributed by atoms with Crippen LogP contribution in [0.3, 0.4) is 0 Å². The standard InChI is InChI=1S/C18H21N5O2S2/c1-22-17(11-15-7-10-27(24,25)13-15)20-21-18(22)26-12-14-3-5-16(6-4-14)23-9-2-8-19-23/h2-6,8-9,15H,7,10-13H2,1H3. The molecule has 27 heavy (non-hydrogen) atoms. The molecule has 1 aliphatic heterocycles. The number of thioether (sulfide) groups is 1. The Morgan fingerprint density at radius 3 is 2.70 bits per heavy atom. The predicted molar refractivity (Wildman–Crippen MR) is 105 cm³/mol. The second-order valence-electron chi connectivity index (χ2n) is 6.84. The van der Waals surface area contributed by atoms with E-state index >= 15 is 0 Å². The molecule has 142 valence electrons. The predicted octanol–water partition coefficient (Wildman–Crippen LogP) is 2.27. The number of sulfone groups is 1. The summed E-state index contributed by atoms with van der Waals surface area (Å²) in [6, 6.07) is 10.2. The molecule has 3 aromatic rings. The van der Waals surface area contributed by atoms with E-state index in [-0.39, 0.29) is 11.7 Å². The largest absolute Gasteiger partial charge is 0.309 e. The van der Waals surface area contributed by atoms with Gasteiger partial charge >= 0.3 is 0 Å². The summed E-state index contributed by atoms with van der Waals surface area (Å²) in [4.78, 5) is 0. The van der Waals surface area contributed by atoms with Crippen LogP contribution in [0.2, 0.25) is 0 Å². The zero-order valence-electron chi connectivity index (χ0n) is 15.0. The Morgan fingerprint density at radius 1 is 1.22 bits per heavy atom. The minimum absolute atomic E-state index is 0.158. The third-order valence-corrected chi connectivity index (χ3v) is 7.72.